The maximum atomic E-state index is 2.56. The molecule has 320 valence electrons. The Balaban J connectivity index is 1.03. The fourth-order valence-electron chi connectivity index (χ4n) is 14.6. The molecule has 2 aliphatic rings. The molecule has 0 aliphatic heterocycles. The zero-order chi connectivity index (χ0) is 44.7. The minimum atomic E-state index is 0.0667. The van der Waals surface area contributed by atoms with E-state index in [9.17, 15) is 0 Å². The van der Waals surface area contributed by atoms with Gasteiger partial charge in [-0.1, -0.05) is 189 Å². The van der Waals surface area contributed by atoms with Gasteiger partial charge < -0.3 is 8.80 Å². The molecule has 4 heterocycles. The van der Waals surface area contributed by atoms with Gasteiger partial charge in [0, 0.05) is 48.5 Å². The van der Waals surface area contributed by atoms with Crippen molar-refractivity contribution in [1.82, 2.24) is 8.80 Å². The van der Waals surface area contributed by atoms with Crippen molar-refractivity contribution in [3.05, 3.63) is 217 Å². The summed E-state index contributed by atoms with van der Waals surface area (Å²) in [7, 11) is 0. The van der Waals surface area contributed by atoms with Crippen LogP contribution in [0.1, 0.15) is 36.8 Å². The number of hydrogen-bond donors (Lipinski definition) is 0. The second-order valence-electron chi connectivity index (χ2n) is 20.1. The van der Waals surface area contributed by atoms with Gasteiger partial charge in [0.1, 0.15) is 0 Å². The van der Waals surface area contributed by atoms with E-state index in [0.29, 0.717) is 0 Å². The molecule has 0 unspecified atom stereocenters. The van der Waals surface area contributed by atoms with E-state index in [2.05, 4.69) is 215 Å². The van der Waals surface area contributed by atoms with Crippen LogP contribution >= 0.6 is 0 Å². The van der Waals surface area contributed by atoms with Crippen LogP contribution in [-0.4, -0.2) is 8.80 Å². The Labute approximate surface area is 397 Å². The first-order chi connectivity index (χ1) is 34.3. The summed E-state index contributed by atoms with van der Waals surface area (Å²) in [6.07, 6.45) is 4.95. The highest BCUT2D eigenvalue weighted by atomic mass is 14.9. The van der Waals surface area contributed by atoms with Crippen molar-refractivity contribution in [3.63, 3.8) is 0 Å². The van der Waals surface area contributed by atoms with E-state index >= 15 is 0 Å². The number of benzene rings is 11. The van der Waals surface area contributed by atoms with Crippen LogP contribution < -0.4 is 0 Å². The van der Waals surface area contributed by atoms with Gasteiger partial charge in [-0.25, -0.2) is 0 Å². The number of fused-ring (bicyclic) bond motifs is 19. The second-order valence-corrected chi connectivity index (χ2v) is 20.1. The van der Waals surface area contributed by atoms with Crippen molar-refractivity contribution in [2.75, 3.05) is 0 Å². The molecule has 0 bridgehead atoms. The van der Waals surface area contributed by atoms with Crippen LogP contribution in [0.5, 0.6) is 0 Å². The van der Waals surface area contributed by atoms with Crippen molar-refractivity contribution in [1.29, 1.82) is 0 Å². The molecule has 2 aliphatic carbocycles. The van der Waals surface area contributed by atoms with E-state index in [0.717, 1.165) is 0 Å². The normalized spacial score (nSPS) is 14.6. The Morgan fingerprint density at radius 2 is 0.681 bits per heavy atom. The van der Waals surface area contributed by atoms with Crippen molar-refractivity contribution in [3.8, 4) is 44.5 Å². The lowest BCUT2D eigenvalue weighted by atomic mass is 9.76. The highest BCUT2D eigenvalue weighted by molar-refractivity contribution is 6.30. The Hall–Kier alpha value is -8.46. The lowest BCUT2D eigenvalue weighted by Gasteiger charge is -2.27. The first-order valence-electron chi connectivity index (χ1n) is 24.8. The lowest BCUT2D eigenvalue weighted by molar-refractivity contribution is 0.550. The summed E-state index contributed by atoms with van der Waals surface area (Å²) in [5.74, 6) is 0. The van der Waals surface area contributed by atoms with Crippen molar-refractivity contribution >= 4 is 97.7 Å². The van der Waals surface area contributed by atoms with Gasteiger partial charge in [-0.05, 0) is 120 Å². The van der Waals surface area contributed by atoms with Crippen molar-refractivity contribution in [2.24, 2.45) is 0 Å². The minimum absolute atomic E-state index is 0.0667. The molecule has 2 heteroatoms. The summed E-state index contributed by atoms with van der Waals surface area (Å²) in [5.41, 5.74) is 21.3. The molecule has 69 heavy (non-hydrogen) atoms. The molecule has 1 spiro atoms. The predicted molar refractivity (Wildman–Crippen MR) is 292 cm³/mol. The highest BCUT2D eigenvalue weighted by Crippen LogP contribution is 2.60. The van der Waals surface area contributed by atoms with Gasteiger partial charge in [-0.15, -0.1) is 0 Å². The molecular weight excluding hydrogens is 833 g/mol. The zero-order valence-corrected chi connectivity index (χ0v) is 37.9. The molecule has 2 nitrogen and oxygen atoms in total. The first kappa shape index (κ1) is 36.6. The van der Waals surface area contributed by atoms with E-state index in [-0.39, 0.29) is 5.41 Å². The van der Waals surface area contributed by atoms with E-state index in [4.69, 9.17) is 0 Å². The number of hydrogen-bond acceptors (Lipinski definition) is 0. The molecule has 0 saturated heterocycles. The predicted octanol–water partition coefficient (Wildman–Crippen LogP) is 18.1. The van der Waals surface area contributed by atoms with Gasteiger partial charge in [0.2, 0.25) is 0 Å². The third kappa shape index (κ3) is 4.41. The minimum Gasteiger partial charge on any atom is -0.308 e. The number of nitrogens with zero attached hydrogens (tertiary/aromatic N) is 2. The molecule has 1 fully saturated rings. The van der Waals surface area contributed by atoms with E-state index in [1.165, 1.54) is 179 Å². The molecule has 0 N–H and O–H groups in total. The Kier molecular flexibility index (Phi) is 6.87. The fourth-order valence-corrected chi connectivity index (χ4v) is 14.6. The van der Waals surface area contributed by atoms with Gasteiger partial charge in [0.05, 0.1) is 33.1 Å². The molecule has 17 rings (SSSR count). The quantitative estimate of drug-likeness (QED) is 0.156. The standard InChI is InChI=1S/C67H42N2/c1-4-30-55-49(18-1)62-50(27-13-31-56(62)67(55)36-7-8-37-67)61-45-21-9-19-39(43-23-14-34-59-63(43)51-28-11-25-47-41-16-2-5-32-57(41)68(59)65(47)51)53(45)38-54-40(20-10-22-46(54)61)44-24-15-35-60-64(44)52-29-12-26-48-42-17-3-6-33-58(42)69(60)66(48)52/h1-6,9-35,38H,7-8,36-37H2. The lowest BCUT2D eigenvalue weighted by Crippen LogP contribution is -2.20. The first-order valence-corrected chi connectivity index (χ1v) is 24.8. The molecule has 11 aromatic carbocycles. The largest absolute Gasteiger partial charge is 0.308 e. The molecule has 0 atom stereocenters. The van der Waals surface area contributed by atoms with Gasteiger partial charge in [0.25, 0.3) is 0 Å². The van der Waals surface area contributed by atoms with Crippen molar-refractivity contribution in [2.45, 2.75) is 31.1 Å². The van der Waals surface area contributed by atoms with E-state index in [1.807, 2.05) is 0 Å². The summed E-state index contributed by atoms with van der Waals surface area (Å²) >= 11 is 0. The number of aromatic nitrogens is 2. The topological polar surface area (TPSA) is 8.82 Å². The summed E-state index contributed by atoms with van der Waals surface area (Å²) in [5, 5.41) is 15.6. The molecule has 0 radical (unpaired) electrons. The average Bonchev–Trinajstić information content (AvgIpc) is 4.27. The van der Waals surface area contributed by atoms with Crippen LogP contribution in [0, 0.1) is 0 Å². The third-order valence-corrected chi connectivity index (χ3v) is 17.1. The highest BCUT2D eigenvalue weighted by Gasteiger charge is 2.45. The van der Waals surface area contributed by atoms with Gasteiger partial charge in [-0.3, -0.25) is 0 Å². The number of rotatable bonds is 3. The van der Waals surface area contributed by atoms with Gasteiger partial charge >= 0.3 is 0 Å². The number of para-hydroxylation sites is 4. The summed E-state index contributed by atoms with van der Waals surface area (Å²) in [4.78, 5) is 0. The SMILES string of the molecule is c1ccc2c(c1)-c1c(-c3c4cccc(-c5cccc6c5c5cccc7c8ccccc8n6c75)c4cc4c(-c5cccc6c5c5cccc7c8ccccc8n6c75)cccc34)cccc1C21CCCC1. The molecule has 0 amide bonds. The third-order valence-electron chi connectivity index (χ3n) is 17.1. The van der Waals surface area contributed by atoms with Gasteiger partial charge in [-0.2, -0.15) is 0 Å². The van der Waals surface area contributed by atoms with Crippen LogP contribution in [0.4, 0.5) is 0 Å². The Morgan fingerprint density at radius 1 is 0.275 bits per heavy atom. The monoisotopic (exact) mass is 874 g/mol. The fraction of sp³-hybridized carbons (Fsp3) is 0.0746. The summed E-state index contributed by atoms with van der Waals surface area (Å²) < 4.78 is 5.03. The maximum absolute atomic E-state index is 2.56. The second kappa shape index (κ2) is 12.9. The molecular formula is C67H42N2. The van der Waals surface area contributed by atoms with Crippen LogP contribution in [-0.2, 0) is 5.41 Å². The zero-order valence-electron chi connectivity index (χ0n) is 37.9. The van der Waals surface area contributed by atoms with Crippen molar-refractivity contribution < 1.29 is 0 Å². The van der Waals surface area contributed by atoms with E-state index in [1.54, 1.807) is 0 Å². The van der Waals surface area contributed by atoms with Gasteiger partial charge in [0.15, 0.2) is 0 Å². The summed E-state index contributed by atoms with van der Waals surface area (Å²) in [6, 6.07) is 79.0. The van der Waals surface area contributed by atoms with E-state index < -0.39 is 0 Å². The smallest absolute Gasteiger partial charge is 0.0620 e. The maximum Gasteiger partial charge on any atom is 0.0620 e. The molecule has 4 aromatic heterocycles. The Morgan fingerprint density at radius 3 is 1.29 bits per heavy atom. The average molecular weight is 875 g/mol. The van der Waals surface area contributed by atoms with Crippen LogP contribution in [0.2, 0.25) is 0 Å². The Bertz CT molecular complexity index is 4480. The summed E-state index contributed by atoms with van der Waals surface area (Å²) in [6.45, 7) is 0. The van der Waals surface area contributed by atoms with Crippen LogP contribution in [0.3, 0.4) is 0 Å². The molecule has 1 saturated carbocycles. The van der Waals surface area contributed by atoms with Crippen LogP contribution in [0.25, 0.3) is 142 Å². The van der Waals surface area contributed by atoms with Crippen LogP contribution in [0.15, 0.2) is 206 Å². The molecule has 15 aromatic rings.